The number of hydrogen-bond acceptors (Lipinski definition) is 9. The molecule has 3 aliphatic rings. The molecule has 210 valence electrons. The van der Waals surface area contributed by atoms with E-state index in [1.807, 2.05) is 90.5 Å². The van der Waals surface area contributed by atoms with E-state index in [2.05, 4.69) is 10.2 Å². The molecule has 1 unspecified atom stereocenters. The molecule has 3 aliphatic heterocycles. The van der Waals surface area contributed by atoms with Crippen LogP contribution < -0.4 is 19.7 Å². The van der Waals surface area contributed by atoms with E-state index in [1.54, 1.807) is 12.1 Å². The lowest BCUT2D eigenvalue weighted by Crippen LogP contribution is -2.46. The summed E-state index contributed by atoms with van der Waals surface area (Å²) in [7, 11) is 0. The molecule has 1 atom stereocenters. The van der Waals surface area contributed by atoms with Gasteiger partial charge in [-0.15, -0.1) is 0 Å². The van der Waals surface area contributed by atoms with Crippen LogP contribution in [0.1, 0.15) is 22.9 Å². The first-order valence-electron chi connectivity index (χ1n) is 13.7. The minimum atomic E-state index is -0.481. The molecule has 0 aliphatic carbocycles. The normalized spacial score (nSPS) is 16.0. The number of amidine groups is 2. The summed E-state index contributed by atoms with van der Waals surface area (Å²) in [5, 5.41) is 20.2. The zero-order valence-corrected chi connectivity index (χ0v) is 22.8. The highest BCUT2D eigenvalue weighted by molar-refractivity contribution is 6.51. The van der Waals surface area contributed by atoms with Gasteiger partial charge in [0.05, 0.1) is 33.7 Å². The van der Waals surface area contributed by atoms with Crippen LogP contribution in [0.5, 0.6) is 11.5 Å². The molecular weight excluding hydrogens is 546 g/mol. The van der Waals surface area contributed by atoms with Crippen molar-refractivity contribution in [3.63, 3.8) is 0 Å². The van der Waals surface area contributed by atoms with Crippen LogP contribution in [0, 0.1) is 17.0 Å². The largest absolute Gasteiger partial charge is 0.454 e. The van der Waals surface area contributed by atoms with Crippen molar-refractivity contribution in [2.24, 2.45) is 9.98 Å². The number of fused-ring (bicyclic) bond motifs is 5. The SMILES string of the molecule is Cc1nn(-c2ccccc2)c2c1C(c1cccc([N+](=O)[O-])c1)N1C(=N2)C(Nc2ccc3c(c2)OCO3)=Nc2ccccc21. The van der Waals surface area contributed by atoms with Crippen LogP contribution in [0.3, 0.4) is 0 Å². The van der Waals surface area contributed by atoms with Gasteiger partial charge in [-0.2, -0.15) is 5.10 Å². The summed E-state index contributed by atoms with van der Waals surface area (Å²) in [4.78, 5) is 23.8. The fourth-order valence-corrected chi connectivity index (χ4v) is 5.78. The molecule has 11 nitrogen and oxygen atoms in total. The maximum absolute atomic E-state index is 11.9. The molecule has 0 bridgehead atoms. The molecule has 43 heavy (non-hydrogen) atoms. The number of nitro groups is 1. The number of ether oxygens (including phenoxy) is 2. The first-order chi connectivity index (χ1) is 21.0. The molecule has 0 fully saturated rings. The number of nitrogens with one attached hydrogen (secondary N) is 1. The number of hydrogen-bond donors (Lipinski definition) is 1. The lowest BCUT2D eigenvalue weighted by Gasteiger charge is -2.40. The van der Waals surface area contributed by atoms with Crippen molar-refractivity contribution in [2.45, 2.75) is 13.0 Å². The van der Waals surface area contributed by atoms with E-state index in [0.717, 1.165) is 39.6 Å². The standard InChI is InChI=1S/C32H23N7O4/c1-19-28-29(20-8-7-11-23(16-20)39(40)41)37-25-13-6-5-12-24(25)34-30(33-21-14-15-26-27(17-21)43-18-42-26)32(37)35-31(28)38(36-19)22-9-3-2-4-10-22/h2-17,29H,18H2,1H3,(H,33,34). The van der Waals surface area contributed by atoms with E-state index in [0.29, 0.717) is 29.0 Å². The molecule has 1 N–H and O–H groups in total. The Morgan fingerprint density at radius 2 is 1.72 bits per heavy atom. The molecule has 0 saturated carbocycles. The van der Waals surface area contributed by atoms with Crippen LogP contribution in [-0.2, 0) is 0 Å². The van der Waals surface area contributed by atoms with Gasteiger partial charge in [0, 0.05) is 29.4 Å². The predicted octanol–water partition coefficient (Wildman–Crippen LogP) is 6.61. The molecule has 8 rings (SSSR count). The summed E-state index contributed by atoms with van der Waals surface area (Å²) in [5.74, 6) is 3.01. The third kappa shape index (κ3) is 4.01. The second kappa shape index (κ2) is 9.55. The average molecular weight is 570 g/mol. The van der Waals surface area contributed by atoms with Crippen molar-refractivity contribution in [1.82, 2.24) is 9.78 Å². The van der Waals surface area contributed by atoms with Crippen LogP contribution in [0.25, 0.3) is 5.69 Å². The summed E-state index contributed by atoms with van der Waals surface area (Å²) in [6.07, 6.45) is 0. The van der Waals surface area contributed by atoms with Gasteiger partial charge in [-0.05, 0) is 48.9 Å². The van der Waals surface area contributed by atoms with E-state index < -0.39 is 6.04 Å². The van der Waals surface area contributed by atoms with E-state index in [-0.39, 0.29) is 17.4 Å². The maximum atomic E-state index is 11.9. The van der Waals surface area contributed by atoms with Gasteiger partial charge in [0.25, 0.3) is 5.69 Å². The number of nitro benzene ring substituents is 1. The number of aryl methyl sites for hydroxylation is 1. The Kier molecular flexibility index (Phi) is 5.51. The first-order valence-corrected chi connectivity index (χ1v) is 13.7. The minimum Gasteiger partial charge on any atom is -0.454 e. The van der Waals surface area contributed by atoms with E-state index in [4.69, 9.17) is 24.6 Å². The zero-order valence-electron chi connectivity index (χ0n) is 22.8. The van der Waals surface area contributed by atoms with Gasteiger partial charge in [0.2, 0.25) is 6.79 Å². The number of rotatable bonds is 4. The second-order valence-corrected chi connectivity index (χ2v) is 10.3. The van der Waals surface area contributed by atoms with Crippen molar-refractivity contribution in [2.75, 3.05) is 17.0 Å². The van der Waals surface area contributed by atoms with Gasteiger partial charge in [0.1, 0.15) is 0 Å². The molecule has 5 aromatic rings. The summed E-state index contributed by atoms with van der Waals surface area (Å²) in [5.41, 5.74) is 5.52. The van der Waals surface area contributed by atoms with Gasteiger partial charge >= 0.3 is 0 Å². The minimum absolute atomic E-state index is 0.00823. The Morgan fingerprint density at radius 1 is 0.907 bits per heavy atom. The molecule has 0 amide bonds. The quantitative estimate of drug-likeness (QED) is 0.191. The summed E-state index contributed by atoms with van der Waals surface area (Å²) in [6, 6.07) is 29.4. The highest BCUT2D eigenvalue weighted by Crippen LogP contribution is 2.48. The summed E-state index contributed by atoms with van der Waals surface area (Å²) >= 11 is 0. The van der Waals surface area contributed by atoms with Crippen molar-refractivity contribution in [1.29, 1.82) is 0 Å². The fraction of sp³-hybridized carbons (Fsp3) is 0.0938. The first kappa shape index (κ1) is 24.8. The van der Waals surface area contributed by atoms with Crippen molar-refractivity contribution in [3.05, 3.63) is 124 Å². The van der Waals surface area contributed by atoms with Gasteiger partial charge in [-0.3, -0.25) is 10.1 Å². The molecule has 4 heterocycles. The van der Waals surface area contributed by atoms with Crippen LogP contribution in [0.2, 0.25) is 0 Å². The fourth-order valence-electron chi connectivity index (χ4n) is 5.78. The lowest BCUT2D eigenvalue weighted by molar-refractivity contribution is -0.384. The van der Waals surface area contributed by atoms with Gasteiger partial charge in [-0.25, -0.2) is 14.7 Å². The van der Waals surface area contributed by atoms with Crippen molar-refractivity contribution >= 4 is 40.2 Å². The number of non-ortho nitro benzene ring substituents is 1. The topological polar surface area (TPSA) is 119 Å². The van der Waals surface area contributed by atoms with Gasteiger partial charge < -0.3 is 19.7 Å². The number of nitrogens with zero attached hydrogens (tertiary/aromatic N) is 6. The molecule has 11 heteroatoms. The van der Waals surface area contributed by atoms with Crippen LogP contribution >= 0.6 is 0 Å². The Hall–Kier alpha value is -5.97. The molecule has 0 saturated heterocycles. The van der Waals surface area contributed by atoms with Crippen molar-refractivity contribution < 1.29 is 14.4 Å². The van der Waals surface area contributed by atoms with Crippen LogP contribution in [0.4, 0.5) is 28.6 Å². The van der Waals surface area contributed by atoms with Crippen molar-refractivity contribution in [3.8, 4) is 17.2 Å². The number of benzene rings is 4. The third-order valence-corrected chi connectivity index (χ3v) is 7.67. The highest BCUT2D eigenvalue weighted by Gasteiger charge is 2.42. The smallest absolute Gasteiger partial charge is 0.269 e. The van der Waals surface area contributed by atoms with Crippen LogP contribution in [-0.4, -0.2) is 33.2 Å². The van der Waals surface area contributed by atoms with Gasteiger partial charge in [-0.1, -0.05) is 42.5 Å². The van der Waals surface area contributed by atoms with E-state index >= 15 is 0 Å². The van der Waals surface area contributed by atoms with Gasteiger partial charge in [0.15, 0.2) is 29.0 Å². The Bertz CT molecular complexity index is 2000. The van der Waals surface area contributed by atoms with E-state index in [9.17, 15) is 10.1 Å². The summed E-state index contributed by atoms with van der Waals surface area (Å²) < 4.78 is 12.9. The highest BCUT2D eigenvalue weighted by atomic mass is 16.7. The third-order valence-electron chi connectivity index (χ3n) is 7.67. The molecule has 1 aromatic heterocycles. The number of aliphatic imine (C=N–C) groups is 2. The average Bonchev–Trinajstić information content (AvgIpc) is 3.64. The predicted molar refractivity (Wildman–Crippen MR) is 163 cm³/mol. The Balaban J connectivity index is 1.37. The molecule has 0 radical (unpaired) electrons. The number of para-hydroxylation sites is 3. The number of anilines is 2. The Labute approximate surface area is 245 Å². The van der Waals surface area contributed by atoms with E-state index in [1.165, 1.54) is 6.07 Å². The summed E-state index contributed by atoms with van der Waals surface area (Å²) in [6.45, 7) is 2.11. The maximum Gasteiger partial charge on any atom is 0.269 e. The molecular formula is C32H23N7O4. The lowest BCUT2D eigenvalue weighted by atomic mass is 9.93. The zero-order chi connectivity index (χ0) is 29.1. The molecule has 4 aromatic carbocycles. The van der Waals surface area contributed by atoms with Crippen LogP contribution in [0.15, 0.2) is 107 Å². The molecule has 0 spiro atoms. The monoisotopic (exact) mass is 569 g/mol. The second-order valence-electron chi connectivity index (χ2n) is 10.3. The number of aromatic nitrogens is 2. The Morgan fingerprint density at radius 3 is 2.58 bits per heavy atom.